The summed E-state index contributed by atoms with van der Waals surface area (Å²) in [6.07, 6.45) is 3.82. The Balaban J connectivity index is 1.66. The van der Waals surface area contributed by atoms with Gasteiger partial charge in [-0.1, -0.05) is 11.6 Å². The average molecular weight is 447 g/mol. The fourth-order valence-corrected chi connectivity index (χ4v) is 3.78. The van der Waals surface area contributed by atoms with Crippen molar-refractivity contribution < 1.29 is 4.74 Å². The summed E-state index contributed by atoms with van der Waals surface area (Å²) in [5.74, 6) is 0.825. The van der Waals surface area contributed by atoms with E-state index in [-0.39, 0.29) is 6.10 Å². The fourth-order valence-electron chi connectivity index (χ4n) is 2.81. The quantitative estimate of drug-likeness (QED) is 0.413. The number of benzene rings is 1. The second-order valence-corrected chi connectivity index (χ2v) is 8.18. The van der Waals surface area contributed by atoms with Gasteiger partial charge >= 0.3 is 0 Å². The van der Waals surface area contributed by atoms with Crippen LogP contribution in [-0.4, -0.2) is 46.3 Å². The van der Waals surface area contributed by atoms with Crippen LogP contribution in [0.25, 0.3) is 5.69 Å². The zero-order chi connectivity index (χ0) is 21.5. The van der Waals surface area contributed by atoms with E-state index < -0.39 is 0 Å². The highest BCUT2D eigenvalue weighted by Crippen LogP contribution is 2.21. The van der Waals surface area contributed by atoms with Gasteiger partial charge in [0, 0.05) is 42.9 Å². The van der Waals surface area contributed by atoms with E-state index in [1.165, 1.54) is 0 Å². The number of aromatic nitrogens is 3. The van der Waals surface area contributed by atoms with Crippen molar-refractivity contribution in [2.75, 3.05) is 20.7 Å². The Morgan fingerprint density at radius 1 is 1.37 bits per heavy atom. The molecule has 0 aliphatic heterocycles. The van der Waals surface area contributed by atoms with Crippen LogP contribution in [0, 0.1) is 0 Å². The molecule has 0 fully saturated rings. The molecule has 1 aromatic carbocycles. The van der Waals surface area contributed by atoms with Crippen LogP contribution in [0.5, 0.6) is 0 Å². The number of ether oxygens (including phenoxy) is 1. The van der Waals surface area contributed by atoms with Gasteiger partial charge in [0.25, 0.3) is 0 Å². The van der Waals surface area contributed by atoms with Crippen LogP contribution in [-0.2, 0) is 17.8 Å². The molecule has 2 aromatic heterocycles. The van der Waals surface area contributed by atoms with Crippen molar-refractivity contribution in [3.05, 3.63) is 63.3 Å². The average Bonchev–Trinajstić information content (AvgIpc) is 3.41. The van der Waals surface area contributed by atoms with Crippen molar-refractivity contribution in [1.29, 1.82) is 0 Å². The SMILES string of the molecule is CCNC(=NCc1cnn(-c2ccc(Cl)cc2)c1)N(C)Cc1csc(C(C)OC)n1. The molecule has 0 radical (unpaired) electrons. The molecular weight excluding hydrogens is 420 g/mol. The zero-order valence-electron chi connectivity index (χ0n) is 17.7. The van der Waals surface area contributed by atoms with Crippen LogP contribution < -0.4 is 5.32 Å². The molecule has 1 N–H and O–H groups in total. The van der Waals surface area contributed by atoms with Gasteiger partial charge in [0.1, 0.15) is 11.1 Å². The molecule has 3 aromatic rings. The van der Waals surface area contributed by atoms with Crippen LogP contribution >= 0.6 is 22.9 Å². The molecule has 1 unspecified atom stereocenters. The standard InChI is InChI=1S/C21H27ClN6OS/c1-5-23-21(27(3)13-18-14-30-20(26-18)15(2)29-4)24-10-16-11-25-28(12-16)19-8-6-17(22)7-9-19/h6-9,11-12,14-15H,5,10,13H2,1-4H3,(H,23,24). The largest absolute Gasteiger partial charge is 0.375 e. The summed E-state index contributed by atoms with van der Waals surface area (Å²) in [6, 6.07) is 7.58. The van der Waals surface area contributed by atoms with Gasteiger partial charge in [0.05, 0.1) is 30.7 Å². The Labute approximate surface area is 186 Å². The van der Waals surface area contributed by atoms with E-state index in [4.69, 9.17) is 21.3 Å². The van der Waals surface area contributed by atoms with E-state index in [9.17, 15) is 0 Å². The van der Waals surface area contributed by atoms with Gasteiger partial charge in [0.2, 0.25) is 0 Å². The molecule has 30 heavy (non-hydrogen) atoms. The Morgan fingerprint density at radius 2 is 2.13 bits per heavy atom. The predicted molar refractivity (Wildman–Crippen MR) is 122 cm³/mol. The summed E-state index contributed by atoms with van der Waals surface area (Å²) in [4.78, 5) is 11.5. The Kier molecular flexibility index (Phi) is 7.84. The lowest BCUT2D eigenvalue weighted by Gasteiger charge is -2.21. The lowest BCUT2D eigenvalue weighted by atomic mass is 10.3. The highest BCUT2D eigenvalue weighted by atomic mass is 35.5. The number of guanidine groups is 1. The number of methoxy groups -OCH3 is 1. The highest BCUT2D eigenvalue weighted by Gasteiger charge is 2.13. The number of hydrogen-bond donors (Lipinski definition) is 1. The predicted octanol–water partition coefficient (Wildman–Crippen LogP) is 4.29. The lowest BCUT2D eigenvalue weighted by molar-refractivity contribution is 0.119. The van der Waals surface area contributed by atoms with Crippen LogP contribution in [0.4, 0.5) is 0 Å². The van der Waals surface area contributed by atoms with Crippen molar-refractivity contribution >= 4 is 28.9 Å². The van der Waals surface area contributed by atoms with Gasteiger partial charge in [-0.25, -0.2) is 14.7 Å². The van der Waals surface area contributed by atoms with E-state index in [1.54, 1.807) is 18.4 Å². The van der Waals surface area contributed by atoms with Gasteiger partial charge in [-0.3, -0.25) is 0 Å². The second-order valence-electron chi connectivity index (χ2n) is 6.85. The van der Waals surface area contributed by atoms with Crippen LogP contribution in [0.15, 0.2) is 47.0 Å². The van der Waals surface area contributed by atoms with Crippen molar-refractivity contribution in [2.45, 2.75) is 33.0 Å². The number of nitrogens with one attached hydrogen (secondary N) is 1. The molecule has 160 valence electrons. The third-order valence-corrected chi connectivity index (χ3v) is 5.81. The van der Waals surface area contributed by atoms with E-state index in [2.05, 4.69) is 32.6 Å². The molecule has 7 nitrogen and oxygen atoms in total. The maximum Gasteiger partial charge on any atom is 0.194 e. The lowest BCUT2D eigenvalue weighted by Crippen LogP contribution is -2.38. The van der Waals surface area contributed by atoms with Crippen LogP contribution in [0.3, 0.4) is 0 Å². The van der Waals surface area contributed by atoms with Crippen LogP contribution in [0.2, 0.25) is 5.02 Å². The Hall–Kier alpha value is -2.42. The first-order valence-corrected chi connectivity index (χ1v) is 11.0. The van der Waals surface area contributed by atoms with Crippen molar-refractivity contribution in [3.8, 4) is 5.69 Å². The highest BCUT2D eigenvalue weighted by molar-refractivity contribution is 7.09. The molecular formula is C21H27ClN6OS. The summed E-state index contributed by atoms with van der Waals surface area (Å²) < 4.78 is 7.18. The van der Waals surface area contributed by atoms with Crippen molar-refractivity contribution in [2.24, 2.45) is 4.99 Å². The monoisotopic (exact) mass is 446 g/mol. The summed E-state index contributed by atoms with van der Waals surface area (Å²) in [5.41, 5.74) is 2.99. The number of hydrogen-bond acceptors (Lipinski definition) is 5. The molecule has 0 spiro atoms. The first-order valence-electron chi connectivity index (χ1n) is 9.76. The van der Waals surface area contributed by atoms with Gasteiger partial charge < -0.3 is 15.0 Å². The molecule has 2 heterocycles. The molecule has 0 amide bonds. The minimum atomic E-state index is 0.00753. The summed E-state index contributed by atoms with van der Waals surface area (Å²) in [7, 11) is 3.71. The van der Waals surface area contributed by atoms with Crippen molar-refractivity contribution in [3.63, 3.8) is 0 Å². The van der Waals surface area contributed by atoms with Crippen LogP contribution in [0.1, 0.15) is 36.2 Å². The maximum atomic E-state index is 5.96. The number of rotatable bonds is 8. The Morgan fingerprint density at radius 3 is 2.83 bits per heavy atom. The Bertz CT molecular complexity index is 968. The molecule has 0 aliphatic rings. The molecule has 3 rings (SSSR count). The minimum Gasteiger partial charge on any atom is -0.375 e. The normalized spacial score (nSPS) is 12.8. The van der Waals surface area contributed by atoms with E-state index in [0.717, 1.165) is 34.5 Å². The second kappa shape index (κ2) is 10.6. The summed E-state index contributed by atoms with van der Waals surface area (Å²) in [6.45, 7) is 6.05. The summed E-state index contributed by atoms with van der Waals surface area (Å²) >= 11 is 7.58. The minimum absolute atomic E-state index is 0.00753. The van der Waals surface area contributed by atoms with Crippen molar-refractivity contribution in [1.82, 2.24) is 25.0 Å². The van der Waals surface area contributed by atoms with Gasteiger partial charge in [-0.05, 0) is 38.1 Å². The third kappa shape index (κ3) is 5.81. The first kappa shape index (κ1) is 22.3. The molecule has 0 saturated carbocycles. The third-order valence-electron chi connectivity index (χ3n) is 4.51. The van der Waals surface area contributed by atoms with Gasteiger partial charge in [-0.15, -0.1) is 11.3 Å². The number of aliphatic imine (C=N–C) groups is 1. The number of nitrogens with zero attached hydrogens (tertiary/aromatic N) is 5. The van der Waals surface area contributed by atoms with E-state index in [0.29, 0.717) is 18.1 Å². The fraction of sp³-hybridized carbons (Fsp3) is 0.381. The number of halogens is 1. The molecule has 1 atom stereocenters. The zero-order valence-corrected chi connectivity index (χ0v) is 19.2. The molecule has 9 heteroatoms. The van der Waals surface area contributed by atoms with E-state index >= 15 is 0 Å². The molecule has 0 bridgehead atoms. The van der Waals surface area contributed by atoms with Gasteiger partial charge in [0.15, 0.2) is 5.96 Å². The first-order chi connectivity index (χ1) is 14.5. The smallest absolute Gasteiger partial charge is 0.194 e. The number of thiazole rings is 1. The molecule has 0 saturated heterocycles. The molecule has 0 aliphatic carbocycles. The summed E-state index contributed by atoms with van der Waals surface area (Å²) in [5, 5.41) is 11.5. The maximum absolute atomic E-state index is 5.96. The topological polar surface area (TPSA) is 67.6 Å². The van der Waals surface area contributed by atoms with E-state index in [1.807, 2.05) is 55.3 Å². The van der Waals surface area contributed by atoms with Gasteiger partial charge in [-0.2, -0.15) is 5.10 Å².